The third-order valence-electron chi connectivity index (χ3n) is 20.9. The number of ether oxygens (including phenoxy) is 5. The van der Waals surface area contributed by atoms with E-state index in [2.05, 4.69) is 155 Å². The Morgan fingerprint density at radius 2 is 0.567 bits per heavy atom. The van der Waals surface area contributed by atoms with E-state index >= 15 is 0 Å². The Labute approximate surface area is 859 Å². The molecule has 15 aromatic heterocycles. The molecular formula is C98H73Cl4F12N31O5. The predicted octanol–water partition coefficient (Wildman–Crippen LogP) is 24.6. The van der Waals surface area contributed by atoms with Crippen LogP contribution in [-0.2, 0) is 12.8 Å². The summed E-state index contributed by atoms with van der Waals surface area (Å²) in [6.07, 6.45) is 19.9. The van der Waals surface area contributed by atoms with E-state index < -0.39 is 44.4 Å². The van der Waals surface area contributed by atoms with Gasteiger partial charge in [-0.15, -0.1) is 13.2 Å². The van der Waals surface area contributed by atoms with Gasteiger partial charge in [0, 0.05) is 77.8 Å². The van der Waals surface area contributed by atoms with Gasteiger partial charge in [0.1, 0.15) is 52.1 Å². The molecule has 21 rings (SSSR count). The fraction of sp³-hybridized carbons (Fsp3) is 0.122. The van der Waals surface area contributed by atoms with Crippen LogP contribution >= 0.6 is 46.4 Å². The molecule has 0 amide bonds. The topological polar surface area (TPSA) is 401 Å². The Bertz CT molecular complexity index is 8330. The van der Waals surface area contributed by atoms with Gasteiger partial charge in [0.05, 0.1) is 122 Å². The van der Waals surface area contributed by atoms with Crippen LogP contribution in [0.25, 0.3) is 84.9 Å². The van der Waals surface area contributed by atoms with E-state index in [1.54, 1.807) is 133 Å². The van der Waals surface area contributed by atoms with Gasteiger partial charge in [-0.3, -0.25) is 47.8 Å². The van der Waals surface area contributed by atoms with Crippen molar-refractivity contribution in [3.05, 3.63) is 324 Å². The molecule has 0 aliphatic rings. The van der Waals surface area contributed by atoms with Crippen LogP contribution in [0, 0.1) is 26.6 Å². The summed E-state index contributed by atoms with van der Waals surface area (Å²) in [5.41, 5.74) is 10.5. The number of fused-ring (bicyclic) bond motifs is 5. The number of hydrogen-bond acceptors (Lipinski definition) is 31. The number of anilines is 12. The number of imidazole rings is 5. The van der Waals surface area contributed by atoms with E-state index in [4.69, 9.17) is 46.4 Å². The number of pyridine rings is 5. The number of benzene rings is 6. The summed E-state index contributed by atoms with van der Waals surface area (Å²) in [5.74, 6) is 6.77. The van der Waals surface area contributed by atoms with Crippen LogP contribution in [0.3, 0.4) is 0 Å². The maximum absolute atomic E-state index is 13.9. The molecule has 0 fully saturated rings. The van der Waals surface area contributed by atoms with Crippen LogP contribution in [0.1, 0.15) is 43.0 Å². The number of aryl methyl sites for hydroxylation is 5. The lowest BCUT2D eigenvalue weighted by molar-refractivity contribution is -0.274. The molecule has 0 aliphatic heterocycles. The van der Waals surface area contributed by atoms with Gasteiger partial charge < -0.3 is 55.6 Å². The minimum atomic E-state index is -4.74. The summed E-state index contributed by atoms with van der Waals surface area (Å²) in [6.45, 7) is -2.34. The lowest BCUT2D eigenvalue weighted by atomic mass is 10.3. The lowest BCUT2D eigenvalue weighted by Crippen LogP contribution is -2.16. The molecule has 0 saturated heterocycles. The van der Waals surface area contributed by atoms with Gasteiger partial charge in [-0.1, -0.05) is 78.5 Å². The molecule has 21 aromatic rings. The van der Waals surface area contributed by atoms with Crippen molar-refractivity contribution in [2.75, 3.05) is 31.9 Å². The molecule has 15 heterocycles. The van der Waals surface area contributed by atoms with E-state index in [0.717, 1.165) is 40.5 Å². The van der Waals surface area contributed by atoms with Crippen LogP contribution in [0.5, 0.6) is 28.7 Å². The van der Waals surface area contributed by atoms with Gasteiger partial charge in [-0.05, 0) is 172 Å². The molecule has 0 atom stereocenters. The summed E-state index contributed by atoms with van der Waals surface area (Å²) in [7, 11) is 0. The van der Waals surface area contributed by atoms with Crippen molar-refractivity contribution >= 4 is 171 Å². The lowest BCUT2D eigenvalue weighted by Gasteiger charge is -2.11. The second-order valence-electron chi connectivity index (χ2n) is 31.2. The largest absolute Gasteiger partial charge is 0.573 e. The standard InChI is InChI=1S/C26H21F4N7O2.C19H15ClF2N6O.2C18H12ClF3N6O.C17H13ClN6/c1-2-22-36-24-20(11-17(12-32-24)33-15-3-7-18(8-4-15)38-25(27)28)37(22)23-14-31-13-21(35-23)34-16-5-9-19(10-6-16)39-26(29)30;1-2-16-27-18-14(7-11(20)8-24-18)28(16)17-10-23-9-15(26-17)25-12-3-5-13(6-4-12)29-19(21)22;1-10-25-17-14(6-11(19)7-24-17)28(10)16-9-23-8-15(27-16)26-12-2-4-13(5-3-12)29-18(20,21)22;1-9-25-17-13(4-10(19)6-24-17)28(9)16-8-23-7-15(27-16)26-11-2-3-14(12(20)5-11)29-18(21)22;1-11-21-17-14(7-12(18)8-20-17)24(11)16-10-19-9-15(23-16)22-13-5-3-2-4-6-13/h3-14,25-26,33H,2H2,1H3,(H,34,35);3-10,19H,2H2,1H3,(H,25,26);2-9H,1H3,(H,26,27);2-8,18H,1H3,(H,26,27);2-10H,1H3,(H,22,23). The van der Waals surface area contributed by atoms with Crippen LogP contribution < -0.4 is 55.6 Å². The number of hydrogen-bond donors (Lipinski definition) is 6. The molecule has 6 aromatic carbocycles. The van der Waals surface area contributed by atoms with Crippen molar-refractivity contribution in [3.63, 3.8) is 0 Å². The van der Waals surface area contributed by atoms with Crippen molar-refractivity contribution in [2.24, 2.45) is 0 Å². The SMILES string of the molecule is CCc1nc2ncc(Cl)cc2n1-c1cncc(Nc2ccc(OC(F)F)cc2)n1.CCc1nc2ncc(Nc3ccc(OC(F)F)cc3)cc2n1-c1cncc(Nc2ccc(OC(F)F)cc2)n1.Cc1nc2ncc(Cl)cc2n1-c1cncc(Nc2ccc(OC(F)(F)F)cc2)n1.Cc1nc2ncc(Cl)cc2n1-c1cncc(Nc2ccc(OC(F)F)c(F)c2)n1.Cc1nc2ncc(Cl)cc2n1-c1cncc(Nc2ccccc2)n1. The Morgan fingerprint density at radius 1 is 0.287 bits per heavy atom. The maximum atomic E-state index is 13.9. The summed E-state index contributed by atoms with van der Waals surface area (Å²) in [4.78, 5) is 87.7. The normalized spacial score (nSPS) is 11.3. The average Bonchev–Trinajstić information content (AvgIpc) is 1.61. The van der Waals surface area contributed by atoms with Crippen LogP contribution in [0.15, 0.2) is 269 Å². The molecule has 0 saturated carbocycles. The van der Waals surface area contributed by atoms with Gasteiger partial charge in [0.15, 0.2) is 98.0 Å². The highest BCUT2D eigenvalue weighted by Crippen LogP contribution is 2.35. The first-order valence-electron chi connectivity index (χ1n) is 44.3. The maximum Gasteiger partial charge on any atom is 0.573 e. The molecule has 0 bridgehead atoms. The highest BCUT2D eigenvalue weighted by atomic mass is 35.5. The summed E-state index contributed by atoms with van der Waals surface area (Å²) >= 11 is 24.3. The Balaban J connectivity index is 0.000000129. The van der Waals surface area contributed by atoms with Crippen molar-refractivity contribution in [1.29, 1.82) is 0 Å². The van der Waals surface area contributed by atoms with Gasteiger partial charge in [-0.2, -0.15) is 35.1 Å². The second kappa shape index (κ2) is 46.5. The Hall–Kier alpha value is -18.1. The smallest absolute Gasteiger partial charge is 0.435 e. The number of halogens is 16. The second-order valence-corrected chi connectivity index (χ2v) is 32.9. The van der Waals surface area contributed by atoms with Crippen LogP contribution in [0.4, 0.5) is 122 Å². The minimum Gasteiger partial charge on any atom is -0.435 e. The van der Waals surface area contributed by atoms with Gasteiger partial charge in [0.2, 0.25) is 0 Å². The number of alkyl halides is 11. The molecular weight excluding hydrogens is 2060 g/mol. The number of para-hydroxylation sites is 1. The van der Waals surface area contributed by atoms with Gasteiger partial charge in [-0.25, -0.2) is 79.2 Å². The van der Waals surface area contributed by atoms with E-state index in [1.165, 1.54) is 104 Å². The van der Waals surface area contributed by atoms with Gasteiger partial charge in [0.25, 0.3) is 0 Å². The number of aromatic nitrogens is 25. The molecule has 36 nitrogen and oxygen atoms in total. The molecule has 0 aliphatic carbocycles. The summed E-state index contributed by atoms with van der Waals surface area (Å²) in [5, 5.41) is 20.4. The predicted molar refractivity (Wildman–Crippen MR) is 537 cm³/mol. The van der Waals surface area contributed by atoms with Crippen LogP contribution in [0.2, 0.25) is 20.1 Å². The first kappa shape index (κ1) is 103. The van der Waals surface area contributed by atoms with Crippen molar-refractivity contribution in [3.8, 4) is 57.8 Å². The van der Waals surface area contributed by atoms with Crippen molar-refractivity contribution in [2.45, 2.75) is 80.3 Å². The fourth-order valence-electron chi connectivity index (χ4n) is 14.8. The third-order valence-corrected chi connectivity index (χ3v) is 21.7. The average molecular weight is 2130 g/mol. The fourth-order valence-corrected chi connectivity index (χ4v) is 15.4. The van der Waals surface area contributed by atoms with E-state index in [9.17, 15) is 52.7 Å². The van der Waals surface area contributed by atoms with Crippen molar-refractivity contribution < 1.29 is 76.4 Å². The molecule has 6 N–H and O–H groups in total. The molecule has 0 spiro atoms. The zero-order valence-electron chi connectivity index (χ0n) is 77.9. The Kier molecular flexibility index (Phi) is 32.1. The van der Waals surface area contributed by atoms with E-state index in [-0.39, 0.29) is 28.7 Å². The first-order chi connectivity index (χ1) is 72.3. The molecule has 762 valence electrons. The monoisotopic (exact) mass is 2130 g/mol. The highest BCUT2D eigenvalue weighted by Gasteiger charge is 2.31. The highest BCUT2D eigenvalue weighted by molar-refractivity contribution is 6.32. The zero-order chi connectivity index (χ0) is 105. The molecule has 150 heavy (non-hydrogen) atoms. The number of nitrogens with zero attached hydrogens (tertiary/aromatic N) is 25. The quantitative estimate of drug-likeness (QED) is 0.0248. The van der Waals surface area contributed by atoms with Crippen molar-refractivity contribution in [1.82, 2.24) is 123 Å². The zero-order valence-corrected chi connectivity index (χ0v) is 80.9. The molecule has 0 radical (unpaired) electrons. The van der Waals surface area contributed by atoms with Crippen LogP contribution in [-0.4, -0.2) is 155 Å². The van der Waals surface area contributed by atoms with Gasteiger partial charge >= 0.3 is 32.8 Å². The summed E-state index contributed by atoms with van der Waals surface area (Å²) < 4.78 is 180. The minimum absolute atomic E-state index is 0.0437. The first-order valence-corrected chi connectivity index (χ1v) is 45.8. The molecule has 0 unspecified atom stereocenters. The number of nitrogens with one attached hydrogen (secondary N) is 6. The van der Waals surface area contributed by atoms with E-state index in [0.29, 0.717) is 182 Å². The third kappa shape index (κ3) is 26.2. The van der Waals surface area contributed by atoms with E-state index in [1.807, 2.05) is 76.9 Å². The summed E-state index contributed by atoms with van der Waals surface area (Å²) in [6, 6.07) is 45.7. The molecule has 52 heteroatoms. The number of rotatable bonds is 28. The Morgan fingerprint density at radius 3 is 0.887 bits per heavy atom.